The first-order chi connectivity index (χ1) is 12.6. The van der Waals surface area contributed by atoms with Gasteiger partial charge in [0.2, 0.25) is 11.8 Å². The van der Waals surface area contributed by atoms with E-state index in [4.69, 9.17) is 4.52 Å². The topological polar surface area (TPSA) is 75.4 Å². The highest BCUT2D eigenvalue weighted by atomic mass is 16.5. The summed E-state index contributed by atoms with van der Waals surface area (Å²) in [7, 11) is 0. The predicted molar refractivity (Wildman–Crippen MR) is 95.0 cm³/mol. The van der Waals surface area contributed by atoms with Crippen LogP contribution >= 0.6 is 0 Å². The van der Waals surface area contributed by atoms with Crippen LogP contribution in [0.4, 0.5) is 5.82 Å². The molecule has 5 aliphatic rings. The molecule has 1 heterocycles. The molecule has 5 fully saturated rings. The molecule has 4 bridgehead atoms. The van der Waals surface area contributed by atoms with Crippen LogP contribution in [0.15, 0.2) is 16.9 Å². The van der Waals surface area contributed by atoms with E-state index in [-0.39, 0.29) is 23.8 Å². The average molecular weight is 357 g/mol. The Kier molecular flexibility index (Phi) is 3.83. The summed E-state index contributed by atoms with van der Waals surface area (Å²) in [6, 6.07) is 1.62. The zero-order chi connectivity index (χ0) is 17.7. The molecule has 5 aliphatic carbocycles. The maximum absolute atomic E-state index is 13.6. The molecule has 1 aromatic heterocycles. The van der Waals surface area contributed by atoms with Gasteiger partial charge in [0.15, 0.2) is 5.82 Å². The summed E-state index contributed by atoms with van der Waals surface area (Å²) >= 11 is 0. The van der Waals surface area contributed by atoms with Crippen LogP contribution in [-0.4, -0.2) is 35.0 Å². The van der Waals surface area contributed by atoms with Crippen LogP contribution in [0.25, 0.3) is 0 Å². The van der Waals surface area contributed by atoms with Crippen molar-refractivity contribution in [1.29, 1.82) is 0 Å². The number of hydrogen-bond donors (Lipinski definition) is 1. The van der Waals surface area contributed by atoms with Gasteiger partial charge in [-0.15, -0.1) is 0 Å². The van der Waals surface area contributed by atoms with E-state index < -0.39 is 0 Å². The fourth-order valence-corrected chi connectivity index (χ4v) is 6.17. The summed E-state index contributed by atoms with van der Waals surface area (Å²) < 4.78 is 4.76. The Labute approximate surface area is 153 Å². The number of hydrogen-bond acceptors (Lipinski definition) is 4. The molecule has 0 radical (unpaired) electrons. The normalized spacial score (nSPS) is 34.7. The molecule has 1 N–H and O–H groups in total. The summed E-state index contributed by atoms with van der Waals surface area (Å²) in [5, 5.41) is 6.46. The molecule has 6 heteroatoms. The lowest BCUT2D eigenvalue weighted by molar-refractivity contribution is -0.159. The third kappa shape index (κ3) is 3.03. The van der Waals surface area contributed by atoms with Gasteiger partial charge in [-0.2, -0.15) is 0 Å². The summed E-state index contributed by atoms with van der Waals surface area (Å²) in [6.45, 7) is 0.858. The third-order valence-corrected chi connectivity index (χ3v) is 6.99. The van der Waals surface area contributed by atoms with Gasteiger partial charge in [0.05, 0.1) is 12.0 Å². The number of carbonyl (C=O) groups is 2. The van der Waals surface area contributed by atoms with Crippen LogP contribution in [0.5, 0.6) is 0 Å². The predicted octanol–water partition coefficient (Wildman–Crippen LogP) is 3.07. The second-order valence-electron chi connectivity index (χ2n) is 9.26. The molecule has 0 unspecified atom stereocenters. The summed E-state index contributed by atoms with van der Waals surface area (Å²) in [5.74, 6) is 3.25. The maximum Gasteiger partial charge on any atom is 0.245 e. The summed E-state index contributed by atoms with van der Waals surface area (Å²) in [4.78, 5) is 27.9. The van der Waals surface area contributed by atoms with Crippen molar-refractivity contribution in [2.45, 2.75) is 51.4 Å². The second-order valence-corrected chi connectivity index (χ2v) is 9.26. The number of aromatic nitrogens is 1. The van der Waals surface area contributed by atoms with Gasteiger partial charge in [0.1, 0.15) is 6.26 Å². The Morgan fingerprint density at radius 1 is 1.15 bits per heavy atom. The number of carbonyl (C=O) groups excluding carboxylic acids is 2. The Balaban J connectivity index is 1.32. The lowest BCUT2D eigenvalue weighted by Gasteiger charge is -2.56. The number of anilines is 1. The van der Waals surface area contributed by atoms with Crippen LogP contribution in [0.1, 0.15) is 51.4 Å². The second kappa shape index (κ2) is 6.10. The SMILES string of the molecule is O=C(CN(CC1CC1)C(=O)C12CC3CC(CC(C3)C1)C2)Nc1ccon1. The lowest BCUT2D eigenvalue weighted by Crippen LogP contribution is -2.55. The molecule has 140 valence electrons. The average Bonchev–Trinajstić information content (AvgIpc) is 3.26. The van der Waals surface area contributed by atoms with E-state index in [2.05, 4.69) is 10.5 Å². The van der Waals surface area contributed by atoms with Crippen LogP contribution in [0.2, 0.25) is 0 Å². The number of nitrogens with zero attached hydrogens (tertiary/aromatic N) is 2. The van der Waals surface area contributed by atoms with Gasteiger partial charge >= 0.3 is 0 Å². The van der Waals surface area contributed by atoms with Gasteiger partial charge in [-0.05, 0) is 75.0 Å². The first kappa shape index (κ1) is 16.3. The van der Waals surface area contributed by atoms with Crippen molar-refractivity contribution in [3.8, 4) is 0 Å². The van der Waals surface area contributed by atoms with Crippen molar-refractivity contribution >= 4 is 17.6 Å². The first-order valence-corrected chi connectivity index (χ1v) is 10.1. The van der Waals surface area contributed by atoms with E-state index in [9.17, 15) is 9.59 Å². The van der Waals surface area contributed by atoms with E-state index in [1.54, 1.807) is 6.07 Å². The van der Waals surface area contributed by atoms with Gasteiger partial charge in [-0.1, -0.05) is 5.16 Å². The largest absolute Gasteiger partial charge is 0.363 e. The molecule has 1 aromatic rings. The van der Waals surface area contributed by atoms with E-state index in [1.807, 2.05) is 4.90 Å². The Morgan fingerprint density at radius 2 is 1.81 bits per heavy atom. The minimum absolute atomic E-state index is 0.129. The van der Waals surface area contributed by atoms with Gasteiger partial charge in [-0.25, -0.2) is 0 Å². The van der Waals surface area contributed by atoms with Gasteiger partial charge in [0.25, 0.3) is 0 Å². The molecule has 0 spiro atoms. The zero-order valence-corrected chi connectivity index (χ0v) is 15.2. The molecule has 2 amide bonds. The molecule has 6 rings (SSSR count). The highest BCUT2D eigenvalue weighted by molar-refractivity contribution is 5.94. The third-order valence-electron chi connectivity index (χ3n) is 6.99. The standard InChI is InChI=1S/C20H27N3O3/c24-18(21-17-3-4-26-22-17)12-23(11-13-1-2-13)19(25)20-8-14-5-15(9-20)7-16(6-14)10-20/h3-4,13-16H,1-2,5-12H2,(H,21,22,24). The van der Waals surface area contributed by atoms with E-state index in [1.165, 1.54) is 38.4 Å². The van der Waals surface area contributed by atoms with Gasteiger partial charge in [0, 0.05) is 12.6 Å². The molecule has 6 nitrogen and oxygen atoms in total. The highest BCUT2D eigenvalue weighted by Gasteiger charge is 2.55. The van der Waals surface area contributed by atoms with Crippen LogP contribution < -0.4 is 5.32 Å². The Bertz CT molecular complexity index is 660. The van der Waals surface area contributed by atoms with Crippen molar-refractivity contribution in [1.82, 2.24) is 10.1 Å². The van der Waals surface area contributed by atoms with Crippen LogP contribution in [-0.2, 0) is 9.59 Å². The summed E-state index contributed by atoms with van der Waals surface area (Å²) in [6.07, 6.45) is 10.9. The first-order valence-electron chi connectivity index (χ1n) is 10.1. The maximum atomic E-state index is 13.6. The Morgan fingerprint density at radius 3 is 2.35 bits per heavy atom. The van der Waals surface area contributed by atoms with Crippen molar-refractivity contribution in [3.63, 3.8) is 0 Å². The van der Waals surface area contributed by atoms with E-state index >= 15 is 0 Å². The lowest BCUT2D eigenvalue weighted by atomic mass is 9.49. The van der Waals surface area contributed by atoms with Crippen LogP contribution in [0.3, 0.4) is 0 Å². The smallest absolute Gasteiger partial charge is 0.245 e. The quantitative estimate of drug-likeness (QED) is 0.849. The van der Waals surface area contributed by atoms with Crippen molar-refractivity contribution in [2.75, 3.05) is 18.4 Å². The van der Waals surface area contributed by atoms with E-state index in [0.717, 1.165) is 43.6 Å². The minimum atomic E-state index is -0.183. The number of nitrogens with one attached hydrogen (secondary N) is 1. The highest BCUT2D eigenvalue weighted by Crippen LogP contribution is 2.60. The van der Waals surface area contributed by atoms with Crippen molar-refractivity contribution < 1.29 is 14.1 Å². The molecule has 0 saturated heterocycles. The van der Waals surface area contributed by atoms with Gasteiger partial charge in [-0.3, -0.25) is 9.59 Å². The molecule has 26 heavy (non-hydrogen) atoms. The fraction of sp³-hybridized carbons (Fsp3) is 0.750. The summed E-state index contributed by atoms with van der Waals surface area (Å²) in [5.41, 5.74) is -0.183. The Hall–Kier alpha value is -1.85. The molecule has 0 atom stereocenters. The zero-order valence-electron chi connectivity index (χ0n) is 15.2. The minimum Gasteiger partial charge on any atom is -0.363 e. The fourth-order valence-electron chi connectivity index (χ4n) is 6.17. The number of rotatable bonds is 6. The molecule has 5 saturated carbocycles. The number of amides is 2. The molecular formula is C20H27N3O3. The van der Waals surface area contributed by atoms with E-state index in [0.29, 0.717) is 11.7 Å². The van der Waals surface area contributed by atoms with Crippen molar-refractivity contribution in [3.05, 3.63) is 12.3 Å². The molecular weight excluding hydrogens is 330 g/mol. The molecule has 0 aliphatic heterocycles. The van der Waals surface area contributed by atoms with Crippen molar-refractivity contribution in [2.24, 2.45) is 29.1 Å². The van der Waals surface area contributed by atoms with Crippen LogP contribution in [0, 0.1) is 29.1 Å². The molecule has 0 aromatic carbocycles. The van der Waals surface area contributed by atoms with Gasteiger partial charge < -0.3 is 14.7 Å². The monoisotopic (exact) mass is 357 g/mol.